The fourth-order valence-corrected chi connectivity index (χ4v) is 2.32. The van der Waals surface area contributed by atoms with Gasteiger partial charge in [-0.25, -0.2) is 0 Å². The van der Waals surface area contributed by atoms with E-state index in [1.165, 1.54) is 5.56 Å². The van der Waals surface area contributed by atoms with Crippen molar-refractivity contribution in [3.05, 3.63) is 52.8 Å². The van der Waals surface area contributed by atoms with Gasteiger partial charge in [-0.2, -0.15) is 0 Å². The largest absolute Gasteiger partial charge is 0.345 e. The Morgan fingerprint density at radius 3 is 2.76 bits per heavy atom. The maximum atomic E-state index is 12.0. The topological polar surface area (TPSA) is 46.1 Å². The standard InChI is InChI=1S/C16H20BrN3O/c1-12(2)18-9-13-7-8-20(10-13)11-16(21)19-15-6-4-3-5-14(15)17/h3-8,10,12,18H,9,11H2,1-2H3,(H,19,21). The molecule has 2 N–H and O–H groups in total. The van der Waals surface area contributed by atoms with Gasteiger partial charge in [-0.15, -0.1) is 0 Å². The third kappa shape index (κ3) is 5.02. The fraction of sp³-hybridized carbons (Fsp3) is 0.312. The van der Waals surface area contributed by atoms with E-state index < -0.39 is 0 Å². The molecular formula is C16H20BrN3O. The van der Waals surface area contributed by atoms with Crippen LogP contribution in [-0.2, 0) is 17.9 Å². The molecule has 4 nitrogen and oxygen atoms in total. The number of amides is 1. The predicted molar refractivity (Wildman–Crippen MR) is 89.2 cm³/mol. The molecule has 2 aromatic rings. The molecule has 21 heavy (non-hydrogen) atoms. The maximum absolute atomic E-state index is 12.0. The van der Waals surface area contributed by atoms with Crippen LogP contribution < -0.4 is 10.6 Å². The lowest BCUT2D eigenvalue weighted by atomic mass is 10.3. The average molecular weight is 350 g/mol. The van der Waals surface area contributed by atoms with Crippen LogP contribution in [0.4, 0.5) is 5.69 Å². The summed E-state index contributed by atoms with van der Waals surface area (Å²) in [5.41, 5.74) is 1.97. The number of nitrogens with one attached hydrogen (secondary N) is 2. The average Bonchev–Trinajstić information content (AvgIpc) is 2.86. The van der Waals surface area contributed by atoms with Crippen molar-refractivity contribution in [2.75, 3.05) is 5.32 Å². The van der Waals surface area contributed by atoms with E-state index in [0.29, 0.717) is 12.6 Å². The first-order chi connectivity index (χ1) is 10.0. The molecule has 1 heterocycles. The van der Waals surface area contributed by atoms with Crippen LogP contribution >= 0.6 is 15.9 Å². The monoisotopic (exact) mass is 349 g/mol. The highest BCUT2D eigenvalue weighted by Crippen LogP contribution is 2.21. The molecule has 0 atom stereocenters. The van der Waals surface area contributed by atoms with Crippen molar-refractivity contribution in [1.29, 1.82) is 0 Å². The van der Waals surface area contributed by atoms with Crippen LogP contribution in [0.15, 0.2) is 47.2 Å². The lowest BCUT2D eigenvalue weighted by Gasteiger charge is -2.08. The van der Waals surface area contributed by atoms with Crippen molar-refractivity contribution in [2.45, 2.75) is 33.0 Å². The first kappa shape index (κ1) is 15.8. The van der Waals surface area contributed by atoms with E-state index in [1.807, 2.05) is 47.3 Å². The third-order valence-electron chi connectivity index (χ3n) is 3.00. The number of hydrogen-bond donors (Lipinski definition) is 2. The molecule has 0 unspecified atom stereocenters. The number of para-hydroxylation sites is 1. The zero-order valence-electron chi connectivity index (χ0n) is 12.3. The molecule has 0 spiro atoms. The summed E-state index contributed by atoms with van der Waals surface area (Å²) in [7, 11) is 0. The van der Waals surface area contributed by atoms with Crippen LogP contribution in [0.5, 0.6) is 0 Å². The van der Waals surface area contributed by atoms with Crippen LogP contribution in [0.1, 0.15) is 19.4 Å². The lowest BCUT2D eigenvalue weighted by Crippen LogP contribution is -2.21. The molecule has 0 radical (unpaired) electrons. The van der Waals surface area contributed by atoms with Crippen LogP contribution in [0.3, 0.4) is 0 Å². The maximum Gasteiger partial charge on any atom is 0.244 e. The molecule has 1 aromatic carbocycles. The number of nitrogens with zero attached hydrogens (tertiary/aromatic N) is 1. The summed E-state index contributed by atoms with van der Waals surface area (Å²) in [5.74, 6) is -0.0409. The molecule has 0 aliphatic carbocycles. The van der Waals surface area contributed by atoms with Gasteiger partial charge in [-0.1, -0.05) is 26.0 Å². The molecule has 1 aromatic heterocycles. The van der Waals surface area contributed by atoms with Crippen LogP contribution in [0.25, 0.3) is 0 Å². The second-order valence-corrected chi connectivity index (χ2v) is 6.11. The molecule has 0 fully saturated rings. The van der Waals surface area contributed by atoms with Gasteiger partial charge in [0, 0.05) is 29.5 Å². The molecule has 0 saturated heterocycles. The molecule has 0 aliphatic heterocycles. The van der Waals surface area contributed by atoms with Gasteiger partial charge < -0.3 is 15.2 Å². The first-order valence-electron chi connectivity index (χ1n) is 6.97. The van der Waals surface area contributed by atoms with Gasteiger partial charge in [-0.05, 0) is 39.7 Å². The van der Waals surface area contributed by atoms with Gasteiger partial charge in [0.15, 0.2) is 0 Å². The second-order valence-electron chi connectivity index (χ2n) is 5.26. The van der Waals surface area contributed by atoms with Crippen molar-refractivity contribution in [3.8, 4) is 0 Å². The highest BCUT2D eigenvalue weighted by atomic mass is 79.9. The Hall–Kier alpha value is -1.59. The molecule has 1 amide bonds. The molecule has 0 saturated carbocycles. The van der Waals surface area contributed by atoms with E-state index in [2.05, 4.69) is 40.4 Å². The Morgan fingerprint density at radius 1 is 1.29 bits per heavy atom. The summed E-state index contributed by atoms with van der Waals surface area (Å²) >= 11 is 3.42. The van der Waals surface area contributed by atoms with Crippen molar-refractivity contribution in [3.63, 3.8) is 0 Å². The van der Waals surface area contributed by atoms with Gasteiger partial charge in [0.25, 0.3) is 0 Å². The molecule has 2 rings (SSSR count). The molecule has 0 bridgehead atoms. The smallest absolute Gasteiger partial charge is 0.244 e. The number of anilines is 1. The summed E-state index contributed by atoms with van der Waals surface area (Å²) in [4.78, 5) is 12.0. The predicted octanol–water partition coefficient (Wildman–Crippen LogP) is 3.39. The Balaban J connectivity index is 1.90. The van der Waals surface area contributed by atoms with Gasteiger partial charge in [0.05, 0.1) is 5.69 Å². The van der Waals surface area contributed by atoms with E-state index in [0.717, 1.165) is 16.7 Å². The van der Waals surface area contributed by atoms with Crippen molar-refractivity contribution in [1.82, 2.24) is 9.88 Å². The highest BCUT2D eigenvalue weighted by molar-refractivity contribution is 9.10. The van der Waals surface area contributed by atoms with Crippen LogP contribution in [0.2, 0.25) is 0 Å². The highest BCUT2D eigenvalue weighted by Gasteiger charge is 2.06. The molecule has 5 heteroatoms. The first-order valence-corrected chi connectivity index (χ1v) is 7.76. The number of halogens is 1. The lowest BCUT2D eigenvalue weighted by molar-refractivity contribution is -0.116. The van der Waals surface area contributed by atoms with Gasteiger partial charge in [-0.3, -0.25) is 4.79 Å². The van der Waals surface area contributed by atoms with Gasteiger partial charge >= 0.3 is 0 Å². The zero-order valence-corrected chi connectivity index (χ0v) is 13.9. The van der Waals surface area contributed by atoms with E-state index in [9.17, 15) is 4.79 Å². The summed E-state index contributed by atoms with van der Waals surface area (Å²) in [6.07, 6.45) is 3.92. The number of carbonyl (C=O) groups is 1. The van der Waals surface area contributed by atoms with E-state index in [1.54, 1.807) is 0 Å². The number of aromatic nitrogens is 1. The van der Waals surface area contributed by atoms with E-state index in [4.69, 9.17) is 0 Å². The summed E-state index contributed by atoms with van der Waals surface area (Å²) in [5, 5.41) is 6.25. The third-order valence-corrected chi connectivity index (χ3v) is 3.69. The Bertz CT molecular complexity index is 607. The SMILES string of the molecule is CC(C)NCc1ccn(CC(=O)Nc2ccccc2Br)c1. The van der Waals surface area contributed by atoms with Crippen molar-refractivity contribution in [2.24, 2.45) is 0 Å². The fourth-order valence-electron chi connectivity index (χ4n) is 1.93. The summed E-state index contributed by atoms with van der Waals surface area (Å²) in [6.45, 7) is 5.35. The molecule has 0 aliphatic rings. The quantitative estimate of drug-likeness (QED) is 0.839. The van der Waals surface area contributed by atoms with Crippen molar-refractivity contribution < 1.29 is 4.79 Å². The van der Waals surface area contributed by atoms with Crippen molar-refractivity contribution >= 4 is 27.5 Å². The molecule has 112 valence electrons. The Morgan fingerprint density at radius 2 is 2.05 bits per heavy atom. The minimum atomic E-state index is -0.0409. The van der Waals surface area contributed by atoms with E-state index >= 15 is 0 Å². The van der Waals surface area contributed by atoms with Crippen LogP contribution in [-0.4, -0.2) is 16.5 Å². The molecular weight excluding hydrogens is 330 g/mol. The van der Waals surface area contributed by atoms with Crippen LogP contribution in [0, 0.1) is 0 Å². The number of rotatable bonds is 6. The normalized spacial score (nSPS) is 10.9. The summed E-state index contributed by atoms with van der Waals surface area (Å²) < 4.78 is 2.77. The Kier molecular flexibility index (Phi) is 5.59. The minimum Gasteiger partial charge on any atom is -0.345 e. The minimum absolute atomic E-state index is 0.0409. The Labute approximate surface area is 133 Å². The van der Waals surface area contributed by atoms with Gasteiger partial charge in [0.1, 0.15) is 6.54 Å². The number of hydrogen-bond acceptors (Lipinski definition) is 2. The number of benzene rings is 1. The summed E-state index contributed by atoms with van der Waals surface area (Å²) in [6, 6.07) is 10.1. The zero-order chi connectivity index (χ0) is 15.2. The second kappa shape index (κ2) is 7.43. The van der Waals surface area contributed by atoms with Gasteiger partial charge in [0.2, 0.25) is 5.91 Å². The number of carbonyl (C=O) groups excluding carboxylic acids is 1. The van der Waals surface area contributed by atoms with E-state index in [-0.39, 0.29) is 5.91 Å².